The lowest BCUT2D eigenvalue weighted by atomic mass is 9.83. The summed E-state index contributed by atoms with van der Waals surface area (Å²) in [7, 11) is 0. The number of likely N-dealkylation sites (tertiary alicyclic amines) is 1. The first-order valence-corrected chi connectivity index (χ1v) is 7.63. The third-order valence-electron chi connectivity index (χ3n) is 4.67. The summed E-state index contributed by atoms with van der Waals surface area (Å²) >= 11 is 0. The van der Waals surface area contributed by atoms with Gasteiger partial charge in [0.05, 0.1) is 0 Å². The summed E-state index contributed by atoms with van der Waals surface area (Å²) in [6.45, 7) is 8.44. The van der Waals surface area contributed by atoms with Gasteiger partial charge in [0.2, 0.25) is 0 Å². The molecule has 0 aromatic carbocycles. The van der Waals surface area contributed by atoms with Gasteiger partial charge in [0.25, 0.3) is 0 Å². The summed E-state index contributed by atoms with van der Waals surface area (Å²) < 4.78 is 0. The molecule has 3 unspecified atom stereocenters. The molecule has 3 atom stereocenters. The summed E-state index contributed by atoms with van der Waals surface area (Å²) in [5.74, 6) is 2.52. The van der Waals surface area contributed by atoms with Gasteiger partial charge in [0, 0.05) is 25.7 Å². The topological polar surface area (TPSA) is 29.3 Å². The van der Waals surface area contributed by atoms with Crippen LogP contribution in [-0.2, 0) is 0 Å². The Bertz CT molecular complexity index is 213. The predicted molar refractivity (Wildman–Crippen MR) is 73.9 cm³/mol. The molecule has 1 saturated heterocycles. The molecule has 0 spiro atoms. The van der Waals surface area contributed by atoms with E-state index in [4.69, 9.17) is 5.73 Å². The standard InChI is InChI=1S/C15H30N2/c1-12-8-13(2)10-17(9-12)11-15(16)14-6-4-3-5-7-14/h12-15H,3-11,16H2,1-2H3. The average Bonchev–Trinajstić information content (AvgIpc) is 2.28. The zero-order chi connectivity index (χ0) is 12.3. The maximum Gasteiger partial charge on any atom is 0.0196 e. The second kappa shape index (κ2) is 6.19. The van der Waals surface area contributed by atoms with Crippen molar-refractivity contribution in [3.63, 3.8) is 0 Å². The van der Waals surface area contributed by atoms with Gasteiger partial charge in [-0.15, -0.1) is 0 Å². The van der Waals surface area contributed by atoms with Gasteiger partial charge in [-0.05, 0) is 37.0 Å². The third kappa shape index (κ3) is 3.96. The first-order valence-electron chi connectivity index (χ1n) is 7.63. The van der Waals surface area contributed by atoms with E-state index in [1.165, 1.54) is 51.6 Å². The molecule has 0 bridgehead atoms. The van der Waals surface area contributed by atoms with Crippen LogP contribution in [0.15, 0.2) is 0 Å². The van der Waals surface area contributed by atoms with E-state index in [2.05, 4.69) is 18.7 Å². The van der Waals surface area contributed by atoms with Gasteiger partial charge in [-0.1, -0.05) is 33.1 Å². The summed E-state index contributed by atoms with van der Waals surface area (Å²) in [5, 5.41) is 0. The molecule has 2 nitrogen and oxygen atoms in total. The van der Waals surface area contributed by atoms with Crippen molar-refractivity contribution in [2.75, 3.05) is 19.6 Å². The largest absolute Gasteiger partial charge is 0.326 e. The Labute approximate surface area is 107 Å². The minimum Gasteiger partial charge on any atom is -0.326 e. The number of nitrogens with two attached hydrogens (primary N) is 1. The van der Waals surface area contributed by atoms with Crippen molar-refractivity contribution in [2.45, 2.75) is 58.4 Å². The quantitative estimate of drug-likeness (QED) is 0.819. The predicted octanol–water partition coefficient (Wildman–Crippen LogP) is 2.87. The molecule has 17 heavy (non-hydrogen) atoms. The lowest BCUT2D eigenvalue weighted by Gasteiger charge is -2.38. The second-order valence-corrected chi connectivity index (χ2v) is 6.73. The van der Waals surface area contributed by atoms with Crippen LogP contribution < -0.4 is 5.73 Å². The Balaban J connectivity index is 1.78. The van der Waals surface area contributed by atoms with E-state index in [0.717, 1.165) is 24.3 Å². The lowest BCUT2D eigenvalue weighted by Crippen LogP contribution is -2.47. The molecule has 0 radical (unpaired) electrons. The highest BCUT2D eigenvalue weighted by atomic mass is 15.1. The fourth-order valence-electron chi connectivity index (χ4n) is 3.95. The van der Waals surface area contributed by atoms with Crippen LogP contribution in [0.5, 0.6) is 0 Å². The van der Waals surface area contributed by atoms with Crippen molar-refractivity contribution in [2.24, 2.45) is 23.5 Å². The molecule has 100 valence electrons. The number of rotatable bonds is 3. The molecule has 2 aliphatic rings. The molecule has 2 N–H and O–H groups in total. The molecule has 1 saturated carbocycles. The van der Waals surface area contributed by atoms with Gasteiger partial charge in [0.1, 0.15) is 0 Å². The van der Waals surface area contributed by atoms with Crippen LogP contribution in [0.2, 0.25) is 0 Å². The van der Waals surface area contributed by atoms with E-state index in [0.29, 0.717) is 6.04 Å². The molecule has 1 aliphatic carbocycles. The Kier molecular flexibility index (Phi) is 4.87. The highest BCUT2D eigenvalue weighted by Gasteiger charge is 2.26. The normalized spacial score (nSPS) is 34.8. The third-order valence-corrected chi connectivity index (χ3v) is 4.67. The number of piperidine rings is 1. The highest BCUT2D eigenvalue weighted by molar-refractivity contribution is 4.82. The molecular weight excluding hydrogens is 208 g/mol. The van der Waals surface area contributed by atoms with Crippen molar-refractivity contribution in [1.29, 1.82) is 0 Å². The molecule has 1 aliphatic heterocycles. The highest BCUT2D eigenvalue weighted by Crippen LogP contribution is 2.27. The van der Waals surface area contributed by atoms with Crippen LogP contribution in [0.4, 0.5) is 0 Å². The van der Waals surface area contributed by atoms with Crippen LogP contribution >= 0.6 is 0 Å². The molecule has 1 heterocycles. The Morgan fingerprint density at radius 2 is 1.65 bits per heavy atom. The van der Waals surface area contributed by atoms with Gasteiger partial charge < -0.3 is 10.6 Å². The number of nitrogens with zero attached hydrogens (tertiary/aromatic N) is 1. The van der Waals surface area contributed by atoms with E-state index in [-0.39, 0.29) is 0 Å². The van der Waals surface area contributed by atoms with E-state index < -0.39 is 0 Å². The maximum absolute atomic E-state index is 6.43. The van der Waals surface area contributed by atoms with Crippen LogP contribution in [0.3, 0.4) is 0 Å². The zero-order valence-corrected chi connectivity index (χ0v) is 11.7. The molecule has 0 aromatic heterocycles. The number of hydrogen-bond donors (Lipinski definition) is 1. The van der Waals surface area contributed by atoms with Crippen molar-refractivity contribution >= 4 is 0 Å². The van der Waals surface area contributed by atoms with E-state index in [1.807, 2.05) is 0 Å². The summed E-state index contributed by atoms with van der Waals surface area (Å²) in [6.07, 6.45) is 8.40. The molecule has 2 fully saturated rings. The van der Waals surface area contributed by atoms with Crippen molar-refractivity contribution in [3.8, 4) is 0 Å². The van der Waals surface area contributed by atoms with Gasteiger partial charge >= 0.3 is 0 Å². The van der Waals surface area contributed by atoms with Gasteiger partial charge in [0.15, 0.2) is 0 Å². The van der Waals surface area contributed by atoms with E-state index in [9.17, 15) is 0 Å². The van der Waals surface area contributed by atoms with Crippen molar-refractivity contribution < 1.29 is 0 Å². The number of hydrogen-bond acceptors (Lipinski definition) is 2. The monoisotopic (exact) mass is 238 g/mol. The van der Waals surface area contributed by atoms with Crippen molar-refractivity contribution in [1.82, 2.24) is 4.90 Å². The minimum atomic E-state index is 0.424. The SMILES string of the molecule is CC1CC(C)CN(CC(N)C2CCCCC2)C1. The Morgan fingerprint density at radius 3 is 2.24 bits per heavy atom. The van der Waals surface area contributed by atoms with Gasteiger partial charge in [-0.25, -0.2) is 0 Å². The molecule has 0 aromatic rings. The van der Waals surface area contributed by atoms with Crippen LogP contribution in [0.25, 0.3) is 0 Å². The average molecular weight is 238 g/mol. The first-order chi connectivity index (χ1) is 8.15. The smallest absolute Gasteiger partial charge is 0.0196 e. The molecule has 2 rings (SSSR count). The second-order valence-electron chi connectivity index (χ2n) is 6.73. The maximum atomic E-state index is 6.43. The molecular formula is C15H30N2. The van der Waals surface area contributed by atoms with Crippen LogP contribution in [0, 0.1) is 17.8 Å². The fraction of sp³-hybridized carbons (Fsp3) is 1.00. The summed E-state index contributed by atoms with van der Waals surface area (Å²) in [6, 6.07) is 0.424. The van der Waals surface area contributed by atoms with Crippen molar-refractivity contribution in [3.05, 3.63) is 0 Å². The van der Waals surface area contributed by atoms with E-state index in [1.54, 1.807) is 0 Å². The van der Waals surface area contributed by atoms with Gasteiger partial charge in [-0.3, -0.25) is 0 Å². The lowest BCUT2D eigenvalue weighted by molar-refractivity contribution is 0.119. The van der Waals surface area contributed by atoms with Crippen LogP contribution in [0.1, 0.15) is 52.4 Å². The minimum absolute atomic E-state index is 0.424. The van der Waals surface area contributed by atoms with E-state index >= 15 is 0 Å². The first kappa shape index (κ1) is 13.4. The fourth-order valence-corrected chi connectivity index (χ4v) is 3.95. The molecule has 0 amide bonds. The zero-order valence-electron chi connectivity index (χ0n) is 11.7. The molecule has 2 heteroatoms. The Morgan fingerprint density at radius 1 is 1.06 bits per heavy atom. The summed E-state index contributed by atoms with van der Waals surface area (Å²) in [5.41, 5.74) is 6.43. The van der Waals surface area contributed by atoms with Gasteiger partial charge in [-0.2, -0.15) is 0 Å². The van der Waals surface area contributed by atoms with Crippen LogP contribution in [-0.4, -0.2) is 30.6 Å². The summed E-state index contributed by atoms with van der Waals surface area (Å²) in [4.78, 5) is 2.62. The Hall–Kier alpha value is -0.0800.